The van der Waals surface area contributed by atoms with Crippen LogP contribution in [0.15, 0.2) is 42.7 Å². The zero-order chi connectivity index (χ0) is 32.9. The van der Waals surface area contributed by atoms with E-state index >= 15 is 0 Å². The number of nitrogens with one attached hydrogen (secondary N) is 2. The summed E-state index contributed by atoms with van der Waals surface area (Å²) in [6, 6.07) is 11.2. The predicted octanol–water partition coefficient (Wildman–Crippen LogP) is 7.40. The maximum Gasteiger partial charge on any atom is 0.303 e. The third kappa shape index (κ3) is 8.16. The lowest BCUT2D eigenvalue weighted by molar-refractivity contribution is -0.138. The van der Waals surface area contributed by atoms with E-state index in [0.29, 0.717) is 29.6 Å². The molecule has 0 spiro atoms. The van der Waals surface area contributed by atoms with E-state index in [4.69, 9.17) is 9.97 Å². The molecule has 1 aromatic carbocycles. The van der Waals surface area contributed by atoms with E-state index in [1.54, 1.807) is 0 Å². The minimum atomic E-state index is -0.677. The van der Waals surface area contributed by atoms with Gasteiger partial charge in [-0.2, -0.15) is 10.1 Å². The number of aryl methyl sites for hydroxylation is 2. The average molecular weight is 642 g/mol. The number of anilines is 2. The van der Waals surface area contributed by atoms with Crippen molar-refractivity contribution in [1.29, 1.82) is 0 Å². The molecule has 9 nitrogen and oxygen atoms in total. The Morgan fingerprint density at radius 2 is 1.83 bits per heavy atom. The van der Waals surface area contributed by atoms with E-state index in [1.807, 2.05) is 17.9 Å². The van der Waals surface area contributed by atoms with Crippen LogP contribution in [0.3, 0.4) is 0 Å². The van der Waals surface area contributed by atoms with Crippen molar-refractivity contribution in [3.8, 4) is 0 Å². The standard InChI is InChI=1S/C38H55N7O2/c1-5-32(29-15-13-27(14-16-29)20-35(46)47)41-38-42-33-18-17-31(28-11-7-6-8-12-28)26(3)36(33)37(43-38)40-34(30-21-39-44(4)23-30)24-45-19-9-10-25(2)22-45/h6-8,11-12,21,23,25-27,29,31-32,34H,5,9-10,13-20,22,24H2,1-4H3,(H,46,47)(H2,40,41,42,43)/t25-,26+,27?,29?,31+,32+,34-/m0/s1. The molecule has 2 aliphatic carbocycles. The van der Waals surface area contributed by atoms with Crippen LogP contribution in [-0.2, 0) is 18.3 Å². The number of likely N-dealkylation sites (tertiary alicyclic amines) is 1. The van der Waals surface area contributed by atoms with Crippen LogP contribution in [0.4, 0.5) is 11.8 Å². The first-order valence-electron chi connectivity index (χ1n) is 18.2. The molecule has 3 heterocycles. The lowest BCUT2D eigenvalue weighted by Crippen LogP contribution is -2.39. The summed E-state index contributed by atoms with van der Waals surface area (Å²) in [5, 5.41) is 21.7. The number of fused-ring (bicyclic) bond motifs is 1. The van der Waals surface area contributed by atoms with E-state index < -0.39 is 5.97 Å². The summed E-state index contributed by atoms with van der Waals surface area (Å²) in [6.45, 7) is 10.1. The van der Waals surface area contributed by atoms with Gasteiger partial charge in [-0.3, -0.25) is 9.48 Å². The monoisotopic (exact) mass is 641 g/mol. The van der Waals surface area contributed by atoms with Crippen LogP contribution in [0.1, 0.15) is 119 Å². The Bertz CT molecular complexity index is 1470. The average Bonchev–Trinajstić information content (AvgIpc) is 3.50. The van der Waals surface area contributed by atoms with Crippen LogP contribution < -0.4 is 10.6 Å². The van der Waals surface area contributed by atoms with Crippen molar-refractivity contribution in [3.63, 3.8) is 0 Å². The third-order valence-electron chi connectivity index (χ3n) is 11.3. The Hall–Kier alpha value is -3.46. The fourth-order valence-corrected chi connectivity index (χ4v) is 8.75. The topological polar surface area (TPSA) is 108 Å². The number of hydrogen-bond acceptors (Lipinski definition) is 7. The lowest BCUT2D eigenvalue weighted by atomic mass is 9.74. The van der Waals surface area contributed by atoms with Gasteiger partial charge in [0, 0.05) is 49.9 Å². The largest absolute Gasteiger partial charge is 0.481 e. The molecule has 6 rings (SSSR count). The van der Waals surface area contributed by atoms with E-state index in [1.165, 1.54) is 29.5 Å². The van der Waals surface area contributed by atoms with E-state index in [9.17, 15) is 9.90 Å². The number of piperidine rings is 1. The molecule has 3 N–H and O–H groups in total. The molecule has 2 aromatic heterocycles. The Kier molecular flexibility index (Phi) is 10.8. The summed E-state index contributed by atoms with van der Waals surface area (Å²) in [7, 11) is 1.99. The molecule has 0 radical (unpaired) electrons. The number of benzene rings is 1. The van der Waals surface area contributed by atoms with Gasteiger partial charge in [-0.1, -0.05) is 51.1 Å². The van der Waals surface area contributed by atoms with Crippen LogP contribution in [0.5, 0.6) is 0 Å². The van der Waals surface area contributed by atoms with Crippen LogP contribution in [0.2, 0.25) is 0 Å². The molecular weight excluding hydrogens is 586 g/mol. The van der Waals surface area contributed by atoms with E-state index in [-0.39, 0.29) is 24.4 Å². The molecule has 0 amide bonds. The highest BCUT2D eigenvalue weighted by Gasteiger charge is 2.34. The molecule has 1 aliphatic heterocycles. The van der Waals surface area contributed by atoms with Crippen LogP contribution in [0.25, 0.3) is 0 Å². The maximum absolute atomic E-state index is 11.3. The second kappa shape index (κ2) is 15.2. The Labute approximate surface area is 281 Å². The highest BCUT2D eigenvalue weighted by atomic mass is 16.4. The Morgan fingerprint density at radius 3 is 2.51 bits per heavy atom. The van der Waals surface area contributed by atoms with Gasteiger partial charge >= 0.3 is 5.97 Å². The molecular formula is C38H55N7O2. The molecule has 2 fully saturated rings. The molecule has 254 valence electrons. The van der Waals surface area contributed by atoms with Crippen LogP contribution in [0, 0.1) is 17.8 Å². The summed E-state index contributed by atoms with van der Waals surface area (Å²) in [5.41, 5.74) is 4.97. The highest BCUT2D eigenvalue weighted by Crippen LogP contribution is 2.45. The first kappa shape index (κ1) is 33.4. The van der Waals surface area contributed by atoms with E-state index in [2.05, 4.69) is 77.9 Å². The van der Waals surface area contributed by atoms with Gasteiger partial charge in [0.2, 0.25) is 5.95 Å². The highest BCUT2D eigenvalue weighted by molar-refractivity contribution is 5.67. The van der Waals surface area contributed by atoms with Crippen molar-refractivity contribution >= 4 is 17.7 Å². The number of carboxylic acids is 1. The zero-order valence-electron chi connectivity index (χ0n) is 28.9. The normalized spacial score (nSPS) is 26.3. The van der Waals surface area contributed by atoms with Gasteiger partial charge in [0.05, 0.1) is 17.9 Å². The molecule has 47 heavy (non-hydrogen) atoms. The van der Waals surface area contributed by atoms with Gasteiger partial charge in [-0.05, 0) is 99.5 Å². The molecule has 9 heteroatoms. The second-order valence-corrected chi connectivity index (χ2v) is 14.8. The third-order valence-corrected chi connectivity index (χ3v) is 11.3. The summed E-state index contributed by atoms with van der Waals surface area (Å²) in [6.07, 6.45) is 14.0. The lowest BCUT2D eigenvalue weighted by Gasteiger charge is -2.36. The van der Waals surface area contributed by atoms with Crippen molar-refractivity contribution < 1.29 is 9.90 Å². The van der Waals surface area contributed by atoms with Crippen LogP contribution in [-0.4, -0.2) is 61.4 Å². The zero-order valence-corrected chi connectivity index (χ0v) is 28.9. The number of nitrogens with zero attached hydrogens (tertiary/aromatic N) is 5. The second-order valence-electron chi connectivity index (χ2n) is 14.8. The summed E-state index contributed by atoms with van der Waals surface area (Å²) >= 11 is 0. The first-order valence-corrected chi connectivity index (χ1v) is 18.2. The quantitative estimate of drug-likeness (QED) is 0.188. The summed E-state index contributed by atoms with van der Waals surface area (Å²) in [5.74, 6) is 3.17. The van der Waals surface area contributed by atoms with E-state index in [0.717, 1.165) is 76.1 Å². The predicted molar refractivity (Wildman–Crippen MR) is 188 cm³/mol. The number of hydrogen-bond donors (Lipinski definition) is 3. The number of carbonyl (C=O) groups is 1. The molecule has 3 aromatic rings. The molecule has 0 bridgehead atoms. The van der Waals surface area contributed by atoms with Crippen molar-refractivity contribution in [3.05, 3.63) is 65.1 Å². The molecule has 1 saturated heterocycles. The molecule has 5 atom stereocenters. The summed E-state index contributed by atoms with van der Waals surface area (Å²) < 4.78 is 1.90. The smallest absolute Gasteiger partial charge is 0.303 e. The van der Waals surface area contributed by atoms with Crippen molar-refractivity contribution in [2.24, 2.45) is 24.8 Å². The fourth-order valence-electron chi connectivity index (χ4n) is 8.75. The van der Waals surface area contributed by atoms with Gasteiger partial charge in [0.25, 0.3) is 0 Å². The molecule has 3 aliphatic rings. The number of rotatable bonds is 12. The van der Waals surface area contributed by atoms with Gasteiger partial charge in [0.15, 0.2) is 0 Å². The van der Waals surface area contributed by atoms with Gasteiger partial charge in [-0.25, -0.2) is 4.98 Å². The number of aromatic nitrogens is 4. The Morgan fingerprint density at radius 1 is 1.04 bits per heavy atom. The van der Waals surface area contributed by atoms with Crippen LogP contribution >= 0.6 is 0 Å². The molecule has 0 unspecified atom stereocenters. The molecule has 1 saturated carbocycles. The number of carboxylic acid groups (broad SMARTS) is 1. The van der Waals surface area contributed by atoms with Crippen molar-refractivity contribution in [1.82, 2.24) is 24.6 Å². The fraction of sp³-hybridized carbons (Fsp3) is 0.632. The number of aliphatic carboxylic acids is 1. The minimum Gasteiger partial charge on any atom is -0.481 e. The van der Waals surface area contributed by atoms with Gasteiger partial charge in [0.1, 0.15) is 5.82 Å². The van der Waals surface area contributed by atoms with Gasteiger partial charge in [-0.15, -0.1) is 0 Å². The minimum absolute atomic E-state index is 0.0524. The Balaban J connectivity index is 1.31. The first-order chi connectivity index (χ1) is 22.8. The SMILES string of the molecule is CC[C@@H](Nc1nc2c(c(N[C@@H](CN3CCC[C@H](C)C3)c3cnn(C)c3)n1)[C@H](C)[C@H](c1ccccc1)CC2)C1CCC(CC(=O)O)CC1. The summed E-state index contributed by atoms with van der Waals surface area (Å²) in [4.78, 5) is 24.5. The van der Waals surface area contributed by atoms with Crippen molar-refractivity contribution in [2.75, 3.05) is 30.3 Å². The van der Waals surface area contributed by atoms with Gasteiger partial charge < -0.3 is 20.6 Å². The van der Waals surface area contributed by atoms with Crippen molar-refractivity contribution in [2.45, 2.75) is 109 Å². The maximum atomic E-state index is 11.3.